The zero-order chi connectivity index (χ0) is 8.43. The van der Waals surface area contributed by atoms with E-state index >= 15 is 0 Å². The Labute approximate surface area is 61.1 Å². The van der Waals surface area contributed by atoms with Gasteiger partial charge in [0.05, 0.1) is 6.20 Å². The number of aromatic nitrogens is 1. The van der Waals surface area contributed by atoms with Crippen LogP contribution in [0, 0.1) is 17.5 Å². The minimum Gasteiger partial charge on any atom is -0.371 e. The summed E-state index contributed by atoms with van der Waals surface area (Å²) in [7, 11) is 1.36. The van der Waals surface area contributed by atoms with Crippen LogP contribution in [0.5, 0.6) is 0 Å². The van der Waals surface area contributed by atoms with Crippen molar-refractivity contribution < 1.29 is 13.2 Å². The van der Waals surface area contributed by atoms with Gasteiger partial charge in [0.2, 0.25) is 5.82 Å². The van der Waals surface area contributed by atoms with Crippen LogP contribution in [0.4, 0.5) is 19.0 Å². The van der Waals surface area contributed by atoms with Crippen LogP contribution < -0.4 is 5.32 Å². The molecule has 0 bridgehead atoms. The van der Waals surface area contributed by atoms with Gasteiger partial charge in [-0.2, -0.15) is 4.39 Å². The van der Waals surface area contributed by atoms with E-state index in [9.17, 15) is 13.2 Å². The average Bonchev–Trinajstić information content (AvgIpc) is 2.01. The van der Waals surface area contributed by atoms with E-state index in [1.54, 1.807) is 0 Å². The van der Waals surface area contributed by atoms with Gasteiger partial charge in [-0.15, -0.1) is 0 Å². The molecule has 0 saturated carbocycles. The Kier molecular flexibility index (Phi) is 1.98. The first-order valence-electron chi connectivity index (χ1n) is 2.84. The summed E-state index contributed by atoms with van der Waals surface area (Å²) in [5.41, 5.74) is 0. The molecular formula is C6H5F3N2. The molecule has 0 aliphatic heterocycles. The van der Waals surface area contributed by atoms with Crippen LogP contribution in [0.2, 0.25) is 0 Å². The molecule has 1 heterocycles. The highest BCUT2D eigenvalue weighted by Gasteiger charge is 2.12. The molecule has 5 heteroatoms. The first-order valence-corrected chi connectivity index (χ1v) is 2.84. The molecule has 0 amide bonds. The van der Waals surface area contributed by atoms with Crippen molar-refractivity contribution in [3.8, 4) is 0 Å². The summed E-state index contributed by atoms with van der Waals surface area (Å²) in [6, 6.07) is 0. The summed E-state index contributed by atoms with van der Waals surface area (Å²) >= 11 is 0. The van der Waals surface area contributed by atoms with Crippen LogP contribution in [-0.2, 0) is 0 Å². The number of pyridine rings is 1. The predicted molar refractivity (Wildman–Crippen MR) is 33.7 cm³/mol. The van der Waals surface area contributed by atoms with Gasteiger partial charge in [-0.05, 0) is 0 Å². The molecule has 0 aromatic carbocycles. The van der Waals surface area contributed by atoms with E-state index in [1.807, 2.05) is 0 Å². The maximum Gasteiger partial charge on any atom is 0.204 e. The zero-order valence-corrected chi connectivity index (χ0v) is 5.66. The highest BCUT2D eigenvalue weighted by Crippen LogP contribution is 2.15. The smallest absolute Gasteiger partial charge is 0.204 e. The Morgan fingerprint density at radius 3 is 2.45 bits per heavy atom. The van der Waals surface area contributed by atoms with Crippen molar-refractivity contribution in [1.29, 1.82) is 0 Å². The van der Waals surface area contributed by atoms with Crippen LogP contribution in [0.15, 0.2) is 6.20 Å². The van der Waals surface area contributed by atoms with Gasteiger partial charge in [-0.3, -0.25) is 0 Å². The average molecular weight is 162 g/mol. The van der Waals surface area contributed by atoms with Crippen molar-refractivity contribution in [3.63, 3.8) is 0 Å². The van der Waals surface area contributed by atoms with Gasteiger partial charge in [0.1, 0.15) is 0 Å². The maximum absolute atomic E-state index is 12.5. The fourth-order valence-electron chi connectivity index (χ4n) is 0.618. The zero-order valence-electron chi connectivity index (χ0n) is 5.66. The molecule has 2 nitrogen and oxygen atoms in total. The number of halogens is 3. The number of hydrogen-bond donors (Lipinski definition) is 1. The topological polar surface area (TPSA) is 24.9 Å². The van der Waals surface area contributed by atoms with Crippen LogP contribution in [0.1, 0.15) is 0 Å². The Balaban J connectivity index is 3.25. The van der Waals surface area contributed by atoms with E-state index in [1.165, 1.54) is 7.05 Å². The Morgan fingerprint density at radius 2 is 1.91 bits per heavy atom. The molecule has 60 valence electrons. The standard InChI is InChI=1S/C6H5F3N2/c1-10-6-5(9)4(8)3(7)2-11-6/h2H,1H3,(H,10,11). The lowest BCUT2D eigenvalue weighted by atomic mass is 10.4. The van der Waals surface area contributed by atoms with Gasteiger partial charge < -0.3 is 5.32 Å². The summed E-state index contributed by atoms with van der Waals surface area (Å²) in [5.74, 6) is -4.40. The molecule has 0 atom stereocenters. The molecule has 0 aliphatic rings. The largest absolute Gasteiger partial charge is 0.371 e. The van der Waals surface area contributed by atoms with Crippen molar-refractivity contribution in [3.05, 3.63) is 23.6 Å². The van der Waals surface area contributed by atoms with E-state index in [0.29, 0.717) is 6.20 Å². The molecule has 1 N–H and O–H groups in total. The number of anilines is 1. The van der Waals surface area contributed by atoms with Gasteiger partial charge in [0.25, 0.3) is 0 Å². The third-order valence-electron chi connectivity index (χ3n) is 1.15. The minimum atomic E-state index is -1.51. The SMILES string of the molecule is CNc1ncc(F)c(F)c1F. The Morgan fingerprint density at radius 1 is 1.27 bits per heavy atom. The van der Waals surface area contributed by atoms with Crippen LogP contribution >= 0.6 is 0 Å². The Hall–Kier alpha value is -1.26. The van der Waals surface area contributed by atoms with Crippen molar-refractivity contribution in [1.82, 2.24) is 4.98 Å². The first kappa shape index (κ1) is 7.84. The minimum absolute atomic E-state index is 0.302. The normalized spacial score (nSPS) is 9.82. The number of nitrogens with zero attached hydrogens (tertiary/aromatic N) is 1. The van der Waals surface area contributed by atoms with E-state index in [-0.39, 0.29) is 5.82 Å². The molecule has 0 radical (unpaired) electrons. The number of rotatable bonds is 1. The molecule has 0 spiro atoms. The van der Waals surface area contributed by atoms with Gasteiger partial charge >= 0.3 is 0 Å². The second kappa shape index (κ2) is 2.77. The van der Waals surface area contributed by atoms with Crippen molar-refractivity contribution in [2.45, 2.75) is 0 Å². The highest BCUT2D eigenvalue weighted by atomic mass is 19.2. The van der Waals surface area contributed by atoms with E-state index in [0.717, 1.165) is 0 Å². The van der Waals surface area contributed by atoms with E-state index in [4.69, 9.17) is 0 Å². The third-order valence-corrected chi connectivity index (χ3v) is 1.15. The molecule has 0 aliphatic carbocycles. The summed E-state index contributed by atoms with van der Waals surface area (Å²) < 4.78 is 37.1. The Bertz CT molecular complexity index is 275. The van der Waals surface area contributed by atoms with Crippen molar-refractivity contribution >= 4 is 5.82 Å². The molecule has 0 unspecified atom stereocenters. The fraction of sp³-hybridized carbons (Fsp3) is 0.167. The van der Waals surface area contributed by atoms with Gasteiger partial charge in [-0.25, -0.2) is 13.8 Å². The van der Waals surface area contributed by atoms with Gasteiger partial charge in [0, 0.05) is 7.05 Å². The first-order chi connectivity index (χ1) is 5.16. The van der Waals surface area contributed by atoms with Crippen molar-refractivity contribution in [2.24, 2.45) is 0 Å². The second-order valence-corrected chi connectivity index (χ2v) is 1.83. The molecular weight excluding hydrogens is 157 g/mol. The molecule has 11 heavy (non-hydrogen) atoms. The fourth-order valence-corrected chi connectivity index (χ4v) is 0.618. The summed E-state index contributed by atoms with van der Waals surface area (Å²) in [4.78, 5) is 3.26. The summed E-state index contributed by atoms with van der Waals surface area (Å²) in [6.07, 6.45) is 0.615. The summed E-state index contributed by atoms with van der Waals surface area (Å²) in [5, 5.41) is 2.27. The van der Waals surface area contributed by atoms with Gasteiger partial charge in [0.15, 0.2) is 17.5 Å². The highest BCUT2D eigenvalue weighted by molar-refractivity contribution is 5.35. The molecule has 0 saturated heterocycles. The molecule has 0 fully saturated rings. The monoisotopic (exact) mass is 162 g/mol. The van der Waals surface area contributed by atoms with Crippen LogP contribution in [0.3, 0.4) is 0 Å². The van der Waals surface area contributed by atoms with E-state index in [2.05, 4.69) is 10.3 Å². The lowest BCUT2D eigenvalue weighted by Gasteiger charge is -2.00. The van der Waals surface area contributed by atoms with Crippen LogP contribution in [-0.4, -0.2) is 12.0 Å². The molecule has 1 aromatic heterocycles. The van der Waals surface area contributed by atoms with Crippen LogP contribution in [0.25, 0.3) is 0 Å². The van der Waals surface area contributed by atoms with Gasteiger partial charge in [-0.1, -0.05) is 0 Å². The number of hydrogen-bond acceptors (Lipinski definition) is 2. The van der Waals surface area contributed by atoms with Crippen molar-refractivity contribution in [2.75, 3.05) is 12.4 Å². The molecule has 1 rings (SSSR count). The van der Waals surface area contributed by atoms with E-state index < -0.39 is 17.5 Å². The maximum atomic E-state index is 12.5. The quantitative estimate of drug-likeness (QED) is 0.677. The number of nitrogens with one attached hydrogen (secondary N) is 1. The third kappa shape index (κ3) is 1.26. The molecule has 1 aromatic rings. The second-order valence-electron chi connectivity index (χ2n) is 1.83. The lowest BCUT2D eigenvalue weighted by molar-refractivity contribution is 0.443. The summed E-state index contributed by atoms with van der Waals surface area (Å²) in [6.45, 7) is 0. The predicted octanol–water partition coefficient (Wildman–Crippen LogP) is 1.54. The lowest BCUT2D eigenvalue weighted by Crippen LogP contribution is -2.01.